The first-order chi connectivity index (χ1) is 12.6. The summed E-state index contributed by atoms with van der Waals surface area (Å²) < 4.78 is 26.4. The third-order valence-electron chi connectivity index (χ3n) is 3.79. The lowest BCUT2D eigenvalue weighted by atomic mass is 10.1. The molecule has 26 heavy (non-hydrogen) atoms. The first-order valence-corrected chi connectivity index (χ1v) is 7.82. The molecule has 138 valence electrons. The van der Waals surface area contributed by atoms with Crippen LogP contribution in [0.2, 0.25) is 0 Å². The maximum atomic E-state index is 12.6. The van der Waals surface area contributed by atoms with Gasteiger partial charge in [0.1, 0.15) is 11.5 Å². The summed E-state index contributed by atoms with van der Waals surface area (Å²) in [5.41, 5.74) is 1.14. The summed E-state index contributed by atoms with van der Waals surface area (Å²) in [6.45, 7) is 0. The Morgan fingerprint density at radius 3 is 1.88 bits per heavy atom. The van der Waals surface area contributed by atoms with Gasteiger partial charge in [0, 0.05) is 0 Å². The molecule has 0 bridgehead atoms. The van der Waals surface area contributed by atoms with Crippen molar-refractivity contribution in [2.75, 3.05) is 35.5 Å². The lowest BCUT2D eigenvalue weighted by Gasteiger charge is -2.12. The Morgan fingerprint density at radius 2 is 1.38 bits per heavy atom. The van der Waals surface area contributed by atoms with E-state index in [2.05, 4.69) is 0 Å². The monoisotopic (exact) mass is 358 g/mol. The maximum absolute atomic E-state index is 12.6. The number of benzene rings is 2. The first-order valence-electron chi connectivity index (χ1n) is 7.82. The van der Waals surface area contributed by atoms with Crippen LogP contribution in [0.4, 0.5) is 0 Å². The molecule has 0 saturated heterocycles. The molecule has 0 aromatic heterocycles. The van der Waals surface area contributed by atoms with Crippen LogP contribution in [-0.4, -0.2) is 41.3 Å². The Labute approximate surface area is 152 Å². The van der Waals surface area contributed by atoms with Crippen molar-refractivity contribution < 1.29 is 28.5 Å². The lowest BCUT2D eigenvalue weighted by Crippen LogP contribution is -2.00. The number of carbonyl (C=O) groups excluding carboxylic acids is 1. The summed E-state index contributed by atoms with van der Waals surface area (Å²) in [5, 5.41) is 0. The normalized spacial score (nSPS) is 10.5. The number of ether oxygens (including phenoxy) is 5. The Morgan fingerprint density at radius 1 is 0.769 bits per heavy atom. The van der Waals surface area contributed by atoms with Crippen LogP contribution < -0.4 is 23.7 Å². The van der Waals surface area contributed by atoms with Crippen LogP contribution >= 0.6 is 0 Å². The van der Waals surface area contributed by atoms with Crippen molar-refractivity contribution in [2.45, 2.75) is 0 Å². The Hall–Kier alpha value is -3.15. The molecule has 2 aromatic carbocycles. The summed E-state index contributed by atoms with van der Waals surface area (Å²) in [6.07, 6.45) is 3.13. The minimum atomic E-state index is -0.213. The van der Waals surface area contributed by atoms with Crippen LogP contribution in [-0.2, 0) is 0 Å². The number of hydrogen-bond donors (Lipinski definition) is 0. The van der Waals surface area contributed by atoms with E-state index in [0.29, 0.717) is 34.3 Å². The highest BCUT2D eigenvalue weighted by Crippen LogP contribution is 2.38. The molecule has 0 spiro atoms. The molecule has 6 heteroatoms. The number of methoxy groups -OCH3 is 5. The largest absolute Gasteiger partial charge is 0.497 e. The lowest BCUT2D eigenvalue weighted by molar-refractivity contribution is 0.104. The molecule has 0 fully saturated rings. The summed E-state index contributed by atoms with van der Waals surface area (Å²) in [4.78, 5) is 12.6. The summed E-state index contributed by atoms with van der Waals surface area (Å²) in [5.74, 6) is 2.36. The van der Waals surface area contributed by atoms with Gasteiger partial charge in [-0.25, -0.2) is 0 Å². The van der Waals surface area contributed by atoms with Crippen LogP contribution in [0, 0.1) is 0 Å². The fourth-order valence-electron chi connectivity index (χ4n) is 2.47. The maximum Gasteiger partial charge on any atom is 0.203 e. The molecule has 0 heterocycles. The highest BCUT2D eigenvalue weighted by Gasteiger charge is 2.14. The number of hydrogen-bond acceptors (Lipinski definition) is 6. The molecular formula is C20H22O6. The van der Waals surface area contributed by atoms with Gasteiger partial charge in [0.05, 0.1) is 41.1 Å². The molecule has 0 saturated carbocycles. The van der Waals surface area contributed by atoms with Gasteiger partial charge in [-0.1, -0.05) is 6.08 Å². The molecule has 0 aliphatic carbocycles. The van der Waals surface area contributed by atoms with Crippen LogP contribution in [0.15, 0.2) is 36.4 Å². The molecule has 6 nitrogen and oxygen atoms in total. The van der Waals surface area contributed by atoms with Crippen molar-refractivity contribution in [1.29, 1.82) is 0 Å². The summed E-state index contributed by atoms with van der Waals surface area (Å²) >= 11 is 0. The fraction of sp³-hybridized carbons (Fsp3) is 0.250. The molecule has 0 aliphatic rings. The second-order valence-electron chi connectivity index (χ2n) is 5.22. The fourth-order valence-corrected chi connectivity index (χ4v) is 2.47. The number of ketones is 1. The number of allylic oxidation sites excluding steroid dienone is 1. The second-order valence-corrected chi connectivity index (χ2v) is 5.22. The summed E-state index contributed by atoms with van der Waals surface area (Å²) in [6, 6.07) is 8.58. The third-order valence-corrected chi connectivity index (χ3v) is 3.79. The van der Waals surface area contributed by atoms with E-state index >= 15 is 0 Å². The van der Waals surface area contributed by atoms with Crippen molar-refractivity contribution in [2.24, 2.45) is 0 Å². The molecule has 2 aromatic rings. The van der Waals surface area contributed by atoms with E-state index in [9.17, 15) is 4.79 Å². The molecule has 0 atom stereocenters. The Bertz CT molecular complexity index is 785. The van der Waals surface area contributed by atoms with Crippen LogP contribution in [0.1, 0.15) is 15.9 Å². The van der Waals surface area contributed by atoms with Crippen LogP contribution in [0.25, 0.3) is 6.08 Å². The smallest absolute Gasteiger partial charge is 0.203 e. The molecule has 0 amide bonds. The SMILES string of the molecule is COc1ccc(OC)c(C(=O)/C=C/c2cc(OC)c(OC)c(OC)c2)c1. The van der Waals surface area contributed by atoms with Crippen molar-refractivity contribution >= 4 is 11.9 Å². The Balaban J connectivity index is 2.36. The highest BCUT2D eigenvalue weighted by molar-refractivity contribution is 6.09. The van der Waals surface area contributed by atoms with Gasteiger partial charge in [0.2, 0.25) is 5.75 Å². The second kappa shape index (κ2) is 8.80. The third kappa shape index (κ3) is 4.08. The van der Waals surface area contributed by atoms with Crippen molar-refractivity contribution in [3.63, 3.8) is 0 Å². The van der Waals surface area contributed by atoms with E-state index in [0.717, 1.165) is 5.56 Å². The quantitative estimate of drug-likeness (QED) is 0.530. The molecular weight excluding hydrogens is 336 g/mol. The molecule has 0 radical (unpaired) electrons. The van der Waals surface area contributed by atoms with Gasteiger partial charge >= 0.3 is 0 Å². The standard InChI is InChI=1S/C20H22O6/c1-22-14-7-9-17(23-2)15(12-14)16(21)8-6-13-10-18(24-3)20(26-5)19(11-13)25-4/h6-12H,1-5H3/b8-6+. The van der Waals surface area contributed by atoms with E-state index in [1.807, 2.05) is 0 Å². The minimum Gasteiger partial charge on any atom is -0.497 e. The first kappa shape index (κ1) is 19.2. The van der Waals surface area contributed by atoms with Crippen molar-refractivity contribution in [3.8, 4) is 28.7 Å². The average Bonchev–Trinajstić information content (AvgIpc) is 2.70. The zero-order chi connectivity index (χ0) is 19.1. The van der Waals surface area contributed by atoms with Crippen LogP contribution in [0.3, 0.4) is 0 Å². The number of carbonyl (C=O) groups is 1. The van der Waals surface area contributed by atoms with E-state index in [4.69, 9.17) is 23.7 Å². The van der Waals surface area contributed by atoms with Gasteiger partial charge in [0.15, 0.2) is 17.3 Å². The van der Waals surface area contributed by atoms with Gasteiger partial charge in [-0.2, -0.15) is 0 Å². The van der Waals surface area contributed by atoms with Gasteiger partial charge in [-0.3, -0.25) is 4.79 Å². The topological polar surface area (TPSA) is 63.2 Å². The highest BCUT2D eigenvalue weighted by atomic mass is 16.5. The van der Waals surface area contributed by atoms with Crippen molar-refractivity contribution in [1.82, 2.24) is 0 Å². The average molecular weight is 358 g/mol. The minimum absolute atomic E-state index is 0.213. The molecule has 0 aliphatic heterocycles. The zero-order valence-corrected chi connectivity index (χ0v) is 15.5. The molecule has 0 N–H and O–H groups in total. The zero-order valence-electron chi connectivity index (χ0n) is 15.5. The van der Waals surface area contributed by atoms with E-state index < -0.39 is 0 Å². The van der Waals surface area contributed by atoms with Crippen molar-refractivity contribution in [3.05, 3.63) is 47.5 Å². The van der Waals surface area contributed by atoms with Gasteiger partial charge in [0.25, 0.3) is 0 Å². The number of rotatable bonds is 8. The van der Waals surface area contributed by atoms with Crippen LogP contribution in [0.5, 0.6) is 28.7 Å². The van der Waals surface area contributed by atoms with Gasteiger partial charge in [-0.15, -0.1) is 0 Å². The van der Waals surface area contributed by atoms with E-state index in [1.165, 1.54) is 34.5 Å². The molecule has 0 unspecified atom stereocenters. The van der Waals surface area contributed by atoms with E-state index in [-0.39, 0.29) is 5.78 Å². The van der Waals surface area contributed by atoms with Gasteiger partial charge in [-0.05, 0) is 42.0 Å². The van der Waals surface area contributed by atoms with Gasteiger partial charge < -0.3 is 23.7 Å². The summed E-state index contributed by atoms with van der Waals surface area (Å²) in [7, 11) is 7.67. The predicted molar refractivity (Wildman–Crippen MR) is 99.0 cm³/mol. The Kier molecular flexibility index (Phi) is 6.49. The van der Waals surface area contributed by atoms with E-state index in [1.54, 1.807) is 43.5 Å². The molecule has 2 rings (SSSR count). The predicted octanol–water partition coefficient (Wildman–Crippen LogP) is 3.63.